The molecule has 1 aromatic heterocycles. The van der Waals surface area contributed by atoms with Crippen molar-refractivity contribution in [3.63, 3.8) is 0 Å². The number of nitrogens with one attached hydrogen (secondary N) is 1. The maximum atomic E-state index is 12.6. The van der Waals surface area contributed by atoms with Gasteiger partial charge in [0.05, 0.1) is 0 Å². The Kier molecular flexibility index (Phi) is 6.01. The molecule has 27 heavy (non-hydrogen) atoms. The van der Waals surface area contributed by atoms with Crippen molar-refractivity contribution >= 4 is 6.03 Å². The fourth-order valence-electron chi connectivity index (χ4n) is 5.04. The fourth-order valence-corrected chi connectivity index (χ4v) is 5.04. The van der Waals surface area contributed by atoms with Crippen molar-refractivity contribution in [2.75, 3.05) is 26.3 Å². The second-order valence-corrected chi connectivity index (χ2v) is 8.52. The Morgan fingerprint density at radius 3 is 2.48 bits per heavy atom. The van der Waals surface area contributed by atoms with Crippen LogP contribution in [0.2, 0.25) is 0 Å². The highest BCUT2D eigenvalue weighted by molar-refractivity contribution is 5.74. The Balaban J connectivity index is 1.35. The second kappa shape index (κ2) is 8.63. The van der Waals surface area contributed by atoms with Gasteiger partial charge in [0.25, 0.3) is 0 Å². The van der Waals surface area contributed by atoms with Crippen LogP contribution in [0.5, 0.6) is 0 Å². The third-order valence-corrected chi connectivity index (χ3v) is 6.65. The van der Waals surface area contributed by atoms with Crippen LogP contribution in [-0.2, 0) is 4.74 Å². The summed E-state index contributed by atoms with van der Waals surface area (Å²) in [6.45, 7) is 5.53. The fraction of sp³-hybridized carbons (Fsp3) is 0.810. The van der Waals surface area contributed by atoms with Gasteiger partial charge in [-0.2, -0.15) is 0 Å². The van der Waals surface area contributed by atoms with E-state index in [1.165, 1.54) is 30.8 Å². The van der Waals surface area contributed by atoms with Crippen LogP contribution >= 0.6 is 0 Å². The van der Waals surface area contributed by atoms with Crippen molar-refractivity contribution < 1.29 is 9.53 Å². The number of urea groups is 1. The van der Waals surface area contributed by atoms with E-state index in [2.05, 4.69) is 16.8 Å². The highest BCUT2D eigenvalue weighted by Crippen LogP contribution is 2.32. The summed E-state index contributed by atoms with van der Waals surface area (Å²) >= 11 is 0. The number of likely N-dealkylation sites (tertiary alicyclic amines) is 1. The summed E-state index contributed by atoms with van der Waals surface area (Å²) in [5.41, 5.74) is 1.25. The smallest absolute Gasteiger partial charge is 0.317 e. The summed E-state index contributed by atoms with van der Waals surface area (Å²) in [6.07, 6.45) is 12.3. The number of rotatable bonds is 3. The molecule has 3 heterocycles. The number of carbonyl (C=O) groups is 1. The molecule has 150 valence electrons. The Morgan fingerprint density at radius 2 is 1.78 bits per heavy atom. The predicted molar refractivity (Wildman–Crippen MR) is 105 cm³/mol. The summed E-state index contributed by atoms with van der Waals surface area (Å²) in [6, 6.07) is 0.997. The summed E-state index contributed by atoms with van der Waals surface area (Å²) in [5, 5.41) is 3.27. The maximum Gasteiger partial charge on any atom is 0.317 e. The average Bonchev–Trinajstić information content (AvgIpc) is 3.11. The zero-order valence-electron chi connectivity index (χ0n) is 16.7. The third kappa shape index (κ3) is 4.31. The normalized spacial score (nSPS) is 23.5. The van der Waals surface area contributed by atoms with Gasteiger partial charge in [0.1, 0.15) is 5.82 Å². The minimum Gasteiger partial charge on any atom is -0.381 e. The van der Waals surface area contributed by atoms with Crippen LogP contribution in [0.3, 0.4) is 0 Å². The van der Waals surface area contributed by atoms with Gasteiger partial charge in [-0.25, -0.2) is 9.78 Å². The van der Waals surface area contributed by atoms with Crippen LogP contribution in [0.25, 0.3) is 0 Å². The van der Waals surface area contributed by atoms with Gasteiger partial charge >= 0.3 is 6.03 Å². The van der Waals surface area contributed by atoms with Crippen LogP contribution in [0, 0.1) is 6.92 Å². The topological polar surface area (TPSA) is 59.4 Å². The van der Waals surface area contributed by atoms with E-state index in [4.69, 9.17) is 9.72 Å². The Hall–Kier alpha value is -1.56. The van der Waals surface area contributed by atoms with Gasteiger partial charge in [-0.1, -0.05) is 19.3 Å². The highest BCUT2D eigenvalue weighted by Gasteiger charge is 2.29. The van der Waals surface area contributed by atoms with Crippen LogP contribution < -0.4 is 5.32 Å². The number of aromatic nitrogens is 2. The maximum absolute atomic E-state index is 12.6. The van der Waals surface area contributed by atoms with Gasteiger partial charge in [-0.05, 0) is 45.4 Å². The number of imidazole rings is 1. The molecule has 1 aromatic rings. The number of nitrogens with zero attached hydrogens (tertiary/aromatic N) is 3. The Morgan fingerprint density at radius 1 is 1.07 bits per heavy atom. The lowest BCUT2D eigenvalue weighted by molar-refractivity contribution is 0.0817. The molecular weight excluding hydrogens is 340 g/mol. The number of hydrogen-bond donors (Lipinski definition) is 1. The molecule has 2 saturated heterocycles. The van der Waals surface area contributed by atoms with Crippen molar-refractivity contribution in [1.29, 1.82) is 0 Å². The zero-order valence-corrected chi connectivity index (χ0v) is 16.7. The molecule has 0 bridgehead atoms. The minimum atomic E-state index is 0.146. The second-order valence-electron chi connectivity index (χ2n) is 8.52. The number of carbonyl (C=O) groups excluding carboxylic acids is 1. The summed E-state index contributed by atoms with van der Waals surface area (Å²) < 4.78 is 7.99. The van der Waals surface area contributed by atoms with E-state index >= 15 is 0 Å². The van der Waals surface area contributed by atoms with E-state index in [-0.39, 0.29) is 6.03 Å². The number of ether oxygens (including phenoxy) is 1. The van der Waals surface area contributed by atoms with E-state index < -0.39 is 0 Å². The minimum absolute atomic E-state index is 0.146. The quantitative estimate of drug-likeness (QED) is 0.876. The average molecular weight is 375 g/mol. The van der Waals surface area contributed by atoms with Crippen LogP contribution in [0.15, 0.2) is 6.20 Å². The van der Waals surface area contributed by atoms with Crippen molar-refractivity contribution in [2.45, 2.75) is 82.7 Å². The number of amides is 2. The lowest BCUT2D eigenvalue weighted by Crippen LogP contribution is -2.48. The molecule has 0 atom stereocenters. The summed E-state index contributed by atoms with van der Waals surface area (Å²) in [7, 11) is 0. The largest absolute Gasteiger partial charge is 0.381 e. The number of aryl methyl sites for hydroxylation is 1. The van der Waals surface area contributed by atoms with Gasteiger partial charge in [-0.15, -0.1) is 0 Å². The molecule has 6 heteroatoms. The first kappa shape index (κ1) is 18.8. The van der Waals surface area contributed by atoms with E-state index in [0.717, 1.165) is 64.8 Å². The molecular formula is C21H34N4O2. The van der Waals surface area contributed by atoms with Crippen LogP contribution in [0.1, 0.15) is 81.3 Å². The first-order valence-corrected chi connectivity index (χ1v) is 10.9. The van der Waals surface area contributed by atoms with Crippen molar-refractivity contribution in [3.05, 3.63) is 17.7 Å². The molecule has 0 spiro atoms. The third-order valence-electron chi connectivity index (χ3n) is 6.65. The lowest BCUT2D eigenvalue weighted by atomic mass is 9.95. The van der Waals surface area contributed by atoms with Crippen molar-refractivity contribution in [3.8, 4) is 0 Å². The lowest BCUT2D eigenvalue weighted by Gasteiger charge is -2.36. The van der Waals surface area contributed by atoms with E-state index in [9.17, 15) is 4.79 Å². The Labute approximate surface area is 162 Å². The molecule has 2 amide bonds. The number of piperidine rings is 1. The molecule has 6 nitrogen and oxygen atoms in total. The van der Waals surface area contributed by atoms with Crippen LogP contribution in [-0.4, -0.2) is 52.8 Å². The first-order chi connectivity index (χ1) is 13.2. The zero-order chi connectivity index (χ0) is 18.6. The van der Waals surface area contributed by atoms with E-state index in [1.807, 2.05) is 11.1 Å². The molecule has 0 aromatic carbocycles. The summed E-state index contributed by atoms with van der Waals surface area (Å²) in [5.74, 6) is 1.75. The number of hydrogen-bond acceptors (Lipinski definition) is 3. The van der Waals surface area contributed by atoms with Crippen LogP contribution in [0.4, 0.5) is 4.79 Å². The predicted octanol–water partition coefficient (Wildman–Crippen LogP) is 3.76. The van der Waals surface area contributed by atoms with Gasteiger partial charge < -0.3 is 19.5 Å². The van der Waals surface area contributed by atoms with E-state index in [0.29, 0.717) is 18.0 Å². The standard InChI is InChI=1S/C21H34N4O2/c1-16-15-22-20(17-9-13-27-14-10-17)25(16)19-7-11-24(12-8-19)21(26)23-18-5-3-2-4-6-18/h15,17-19H,2-14H2,1H3,(H,23,26). The van der Waals surface area contributed by atoms with Crippen molar-refractivity contribution in [2.24, 2.45) is 0 Å². The van der Waals surface area contributed by atoms with Gasteiger partial charge in [-0.3, -0.25) is 0 Å². The molecule has 4 rings (SSSR count). The van der Waals surface area contributed by atoms with Crippen molar-refractivity contribution in [1.82, 2.24) is 19.8 Å². The Bertz CT molecular complexity index is 624. The molecule has 2 aliphatic heterocycles. The molecule has 1 aliphatic carbocycles. The highest BCUT2D eigenvalue weighted by atomic mass is 16.5. The van der Waals surface area contributed by atoms with E-state index in [1.54, 1.807) is 0 Å². The molecule has 3 fully saturated rings. The molecule has 0 unspecified atom stereocenters. The molecule has 1 saturated carbocycles. The SMILES string of the molecule is Cc1cnc(C2CCOCC2)n1C1CCN(C(=O)NC2CCCCC2)CC1. The molecule has 0 radical (unpaired) electrons. The molecule has 3 aliphatic rings. The van der Waals surface area contributed by atoms with Gasteiger partial charge in [0, 0.05) is 56.2 Å². The molecule has 1 N–H and O–H groups in total. The monoisotopic (exact) mass is 374 g/mol. The first-order valence-electron chi connectivity index (χ1n) is 10.9. The van der Waals surface area contributed by atoms with Gasteiger partial charge in [0.2, 0.25) is 0 Å². The summed E-state index contributed by atoms with van der Waals surface area (Å²) in [4.78, 5) is 19.4. The van der Waals surface area contributed by atoms with Gasteiger partial charge in [0.15, 0.2) is 0 Å².